The summed E-state index contributed by atoms with van der Waals surface area (Å²) in [4.78, 5) is 0. The first kappa shape index (κ1) is 11.6. The summed E-state index contributed by atoms with van der Waals surface area (Å²) in [7, 11) is 0. The molecular weight excluding hydrogens is 187 g/mol. The lowest BCUT2D eigenvalue weighted by atomic mass is 10.3. The maximum Gasteiger partial charge on any atom is 0.458 e. The summed E-state index contributed by atoms with van der Waals surface area (Å²) in [6, 6.07) is 0. The molecule has 74 valence electrons. The highest BCUT2D eigenvalue weighted by Crippen LogP contribution is 2.38. The first-order valence-corrected chi connectivity index (χ1v) is 2.97. The van der Waals surface area contributed by atoms with Gasteiger partial charge in [-0.05, 0) is 6.92 Å². The Kier molecular flexibility index (Phi) is 3.40. The number of rotatable bonds is 3. The normalized spacial score (nSPS) is 16.2. The molecule has 1 atom stereocenters. The number of ether oxygens (including phenoxy) is 1. The first-order valence-electron chi connectivity index (χ1n) is 2.97. The van der Waals surface area contributed by atoms with E-state index in [9.17, 15) is 22.0 Å². The van der Waals surface area contributed by atoms with Crippen LogP contribution >= 0.6 is 0 Å². The molecular formula is C5H7F5O2. The summed E-state index contributed by atoms with van der Waals surface area (Å²) in [5.74, 6) is -5.22. The second-order valence-corrected chi connectivity index (χ2v) is 1.93. The van der Waals surface area contributed by atoms with E-state index in [1.165, 1.54) is 6.92 Å². The third kappa shape index (κ3) is 2.28. The number of aliphatic hydroxyl groups excluding tert-OH is 1. The minimum atomic E-state index is -5.79. The van der Waals surface area contributed by atoms with Crippen molar-refractivity contribution < 1.29 is 31.8 Å². The molecule has 0 aliphatic rings. The predicted molar refractivity (Wildman–Crippen MR) is 28.6 cm³/mol. The molecule has 7 heteroatoms. The SMILES string of the molecule is CCO[C@@H](O)C(F)(F)C(F)(F)F. The first-order chi connectivity index (χ1) is 5.23. The second-order valence-electron chi connectivity index (χ2n) is 1.93. The van der Waals surface area contributed by atoms with Gasteiger partial charge in [-0.3, -0.25) is 0 Å². The molecule has 0 aromatic carbocycles. The number of halogens is 5. The number of hydrogen-bond donors (Lipinski definition) is 1. The van der Waals surface area contributed by atoms with Gasteiger partial charge in [-0.2, -0.15) is 22.0 Å². The van der Waals surface area contributed by atoms with Crippen molar-refractivity contribution in [1.82, 2.24) is 0 Å². The van der Waals surface area contributed by atoms with Gasteiger partial charge in [0.2, 0.25) is 6.29 Å². The smallest absolute Gasteiger partial charge is 0.363 e. The third-order valence-corrected chi connectivity index (χ3v) is 1.01. The maximum atomic E-state index is 12.0. The molecule has 0 rings (SSSR count). The van der Waals surface area contributed by atoms with Gasteiger partial charge in [0, 0.05) is 6.61 Å². The quantitative estimate of drug-likeness (QED) is 0.545. The van der Waals surface area contributed by atoms with Crippen LogP contribution in [0.2, 0.25) is 0 Å². The fraction of sp³-hybridized carbons (Fsp3) is 1.00. The fourth-order valence-electron chi connectivity index (χ4n) is 0.403. The summed E-state index contributed by atoms with van der Waals surface area (Å²) >= 11 is 0. The predicted octanol–water partition coefficient (Wildman–Crippen LogP) is 1.54. The zero-order chi connectivity index (χ0) is 9.99. The molecule has 0 unspecified atom stereocenters. The average Bonchev–Trinajstić information content (AvgIpc) is 1.85. The van der Waals surface area contributed by atoms with Crippen LogP contribution in [0.4, 0.5) is 22.0 Å². The maximum absolute atomic E-state index is 12.0. The van der Waals surface area contributed by atoms with E-state index in [4.69, 9.17) is 5.11 Å². The molecule has 0 amide bonds. The molecule has 12 heavy (non-hydrogen) atoms. The molecule has 0 spiro atoms. The molecule has 0 aliphatic heterocycles. The minimum Gasteiger partial charge on any atom is -0.363 e. The summed E-state index contributed by atoms with van der Waals surface area (Å²) in [6.07, 6.45) is -8.93. The summed E-state index contributed by atoms with van der Waals surface area (Å²) < 4.78 is 62.0. The summed E-state index contributed by atoms with van der Waals surface area (Å²) in [6.45, 7) is 0.766. The Morgan fingerprint density at radius 2 is 1.67 bits per heavy atom. The summed E-state index contributed by atoms with van der Waals surface area (Å²) in [5, 5.41) is 8.22. The number of hydrogen-bond acceptors (Lipinski definition) is 2. The van der Waals surface area contributed by atoms with Crippen molar-refractivity contribution in [2.24, 2.45) is 0 Å². The van der Waals surface area contributed by atoms with E-state index in [2.05, 4.69) is 4.74 Å². The lowest BCUT2D eigenvalue weighted by Crippen LogP contribution is -2.48. The van der Waals surface area contributed by atoms with Crippen LogP contribution in [0.25, 0.3) is 0 Å². The molecule has 0 bridgehead atoms. The molecule has 0 saturated heterocycles. The van der Waals surface area contributed by atoms with Gasteiger partial charge >= 0.3 is 12.1 Å². The van der Waals surface area contributed by atoms with Crippen LogP contribution < -0.4 is 0 Å². The highest BCUT2D eigenvalue weighted by molar-refractivity contribution is 4.78. The van der Waals surface area contributed by atoms with Crippen LogP contribution in [0.15, 0.2) is 0 Å². The van der Waals surface area contributed by atoms with E-state index in [1.807, 2.05) is 0 Å². The van der Waals surface area contributed by atoms with Crippen LogP contribution in [-0.2, 0) is 4.74 Å². The molecule has 0 aliphatic carbocycles. The molecule has 0 fully saturated rings. The van der Waals surface area contributed by atoms with Crippen molar-refractivity contribution in [3.05, 3.63) is 0 Å². The monoisotopic (exact) mass is 194 g/mol. The van der Waals surface area contributed by atoms with E-state index in [0.29, 0.717) is 0 Å². The standard InChI is InChI=1S/C5H7F5O2/c1-2-12-3(11)4(6,7)5(8,9)10/h3,11H,2H2,1H3/t3-/m1/s1. The van der Waals surface area contributed by atoms with Gasteiger partial charge in [0.15, 0.2) is 0 Å². The third-order valence-electron chi connectivity index (χ3n) is 1.01. The Morgan fingerprint density at radius 1 is 1.25 bits per heavy atom. The Balaban J connectivity index is 4.38. The highest BCUT2D eigenvalue weighted by Gasteiger charge is 2.63. The van der Waals surface area contributed by atoms with Gasteiger partial charge in [0.05, 0.1) is 0 Å². The van der Waals surface area contributed by atoms with Gasteiger partial charge < -0.3 is 9.84 Å². The van der Waals surface area contributed by atoms with Crippen molar-refractivity contribution in [3.8, 4) is 0 Å². The van der Waals surface area contributed by atoms with Gasteiger partial charge in [-0.15, -0.1) is 0 Å². The van der Waals surface area contributed by atoms with E-state index < -0.39 is 25.0 Å². The molecule has 0 heterocycles. The summed E-state index contributed by atoms with van der Waals surface area (Å²) in [5.41, 5.74) is 0. The largest absolute Gasteiger partial charge is 0.458 e. The van der Waals surface area contributed by atoms with E-state index in [-0.39, 0.29) is 0 Å². The fourth-order valence-corrected chi connectivity index (χ4v) is 0.403. The number of alkyl halides is 5. The molecule has 2 nitrogen and oxygen atoms in total. The van der Waals surface area contributed by atoms with Crippen LogP contribution in [0.3, 0.4) is 0 Å². The number of aliphatic hydroxyl groups is 1. The Morgan fingerprint density at radius 3 is 1.92 bits per heavy atom. The van der Waals surface area contributed by atoms with Crippen LogP contribution in [-0.4, -0.2) is 30.1 Å². The van der Waals surface area contributed by atoms with Crippen molar-refractivity contribution in [1.29, 1.82) is 0 Å². The van der Waals surface area contributed by atoms with Crippen molar-refractivity contribution in [2.75, 3.05) is 6.61 Å². The Labute approximate surface area is 64.9 Å². The van der Waals surface area contributed by atoms with E-state index in [1.54, 1.807) is 0 Å². The Bertz CT molecular complexity index is 143. The topological polar surface area (TPSA) is 29.5 Å². The molecule has 0 radical (unpaired) electrons. The van der Waals surface area contributed by atoms with Crippen molar-refractivity contribution in [3.63, 3.8) is 0 Å². The molecule has 0 saturated carbocycles. The van der Waals surface area contributed by atoms with Gasteiger partial charge in [0.25, 0.3) is 0 Å². The lowest BCUT2D eigenvalue weighted by Gasteiger charge is -2.23. The Hall–Kier alpha value is -0.430. The van der Waals surface area contributed by atoms with E-state index in [0.717, 1.165) is 0 Å². The molecule has 1 N–H and O–H groups in total. The van der Waals surface area contributed by atoms with Crippen LogP contribution in [0, 0.1) is 0 Å². The van der Waals surface area contributed by atoms with Gasteiger partial charge in [-0.1, -0.05) is 0 Å². The van der Waals surface area contributed by atoms with Crippen LogP contribution in [0.5, 0.6) is 0 Å². The zero-order valence-corrected chi connectivity index (χ0v) is 6.03. The van der Waals surface area contributed by atoms with Gasteiger partial charge in [-0.25, -0.2) is 0 Å². The zero-order valence-electron chi connectivity index (χ0n) is 6.03. The lowest BCUT2D eigenvalue weighted by molar-refractivity contribution is -0.355. The van der Waals surface area contributed by atoms with Crippen molar-refractivity contribution >= 4 is 0 Å². The second kappa shape index (κ2) is 3.53. The van der Waals surface area contributed by atoms with Gasteiger partial charge in [0.1, 0.15) is 0 Å². The average molecular weight is 194 g/mol. The minimum absolute atomic E-state index is 0.424. The molecule has 0 aromatic rings. The van der Waals surface area contributed by atoms with E-state index >= 15 is 0 Å². The molecule has 0 aromatic heterocycles. The van der Waals surface area contributed by atoms with Crippen molar-refractivity contribution in [2.45, 2.75) is 25.3 Å². The van der Waals surface area contributed by atoms with Crippen LogP contribution in [0.1, 0.15) is 6.92 Å². The highest BCUT2D eigenvalue weighted by atomic mass is 19.4.